The summed E-state index contributed by atoms with van der Waals surface area (Å²) in [6.45, 7) is -0.326. The van der Waals surface area contributed by atoms with E-state index in [0.717, 1.165) is 6.26 Å². The standard InChI is InChI=1S/C6H13NO5S/c1-13(10,11)5-2-7-6(9)12-4-3-8/h8H,2-5H2,1H3,(H,7,9). The van der Waals surface area contributed by atoms with Crippen LogP contribution in [0.3, 0.4) is 0 Å². The van der Waals surface area contributed by atoms with E-state index in [4.69, 9.17) is 5.11 Å². The molecule has 0 aromatic carbocycles. The SMILES string of the molecule is CS(=O)(=O)CCNC(=O)OCCO. The molecule has 0 rings (SSSR count). The number of rotatable bonds is 5. The van der Waals surface area contributed by atoms with Gasteiger partial charge in [-0.1, -0.05) is 0 Å². The number of aliphatic hydroxyl groups excluding tert-OH is 1. The summed E-state index contributed by atoms with van der Waals surface area (Å²) in [6.07, 6.45) is 0.353. The first-order chi connectivity index (χ1) is 5.95. The minimum absolute atomic E-state index is 0.0170. The van der Waals surface area contributed by atoms with Gasteiger partial charge in [-0.2, -0.15) is 0 Å². The number of hydrogen-bond donors (Lipinski definition) is 2. The fourth-order valence-electron chi connectivity index (χ4n) is 0.528. The minimum atomic E-state index is -3.06. The van der Waals surface area contributed by atoms with Crippen molar-refractivity contribution in [2.24, 2.45) is 0 Å². The molecule has 0 fully saturated rings. The first-order valence-corrected chi connectivity index (χ1v) is 5.71. The maximum Gasteiger partial charge on any atom is 0.407 e. The van der Waals surface area contributed by atoms with E-state index in [1.807, 2.05) is 0 Å². The van der Waals surface area contributed by atoms with E-state index < -0.39 is 15.9 Å². The molecule has 0 bridgehead atoms. The third-order valence-electron chi connectivity index (χ3n) is 1.07. The molecule has 78 valence electrons. The predicted octanol–water partition coefficient (Wildman–Crippen LogP) is -1.25. The second-order valence-corrected chi connectivity index (χ2v) is 4.68. The molecule has 7 heteroatoms. The van der Waals surface area contributed by atoms with E-state index >= 15 is 0 Å². The zero-order chi connectivity index (χ0) is 10.3. The normalized spacial score (nSPS) is 10.9. The lowest BCUT2D eigenvalue weighted by molar-refractivity contribution is 0.119. The van der Waals surface area contributed by atoms with Gasteiger partial charge < -0.3 is 15.2 Å². The number of carbonyl (C=O) groups is 1. The highest BCUT2D eigenvalue weighted by molar-refractivity contribution is 7.90. The smallest absolute Gasteiger partial charge is 0.407 e. The third-order valence-corrected chi connectivity index (χ3v) is 2.01. The maximum absolute atomic E-state index is 10.6. The Labute approximate surface area is 76.8 Å². The van der Waals surface area contributed by atoms with Crippen LogP contribution in [0.2, 0.25) is 0 Å². The third kappa shape index (κ3) is 9.09. The highest BCUT2D eigenvalue weighted by Gasteiger charge is 2.04. The summed E-state index contributed by atoms with van der Waals surface area (Å²) < 4.78 is 25.6. The first kappa shape index (κ1) is 12.2. The van der Waals surface area contributed by atoms with Crippen LogP contribution in [0.5, 0.6) is 0 Å². The van der Waals surface area contributed by atoms with Gasteiger partial charge in [0.25, 0.3) is 0 Å². The largest absolute Gasteiger partial charge is 0.447 e. The molecular weight excluding hydrogens is 198 g/mol. The van der Waals surface area contributed by atoms with Crippen molar-refractivity contribution < 1.29 is 23.1 Å². The monoisotopic (exact) mass is 211 g/mol. The van der Waals surface area contributed by atoms with Crippen LogP contribution in [0.15, 0.2) is 0 Å². The summed E-state index contributed by atoms with van der Waals surface area (Å²) >= 11 is 0. The molecule has 0 saturated heterocycles. The Hall–Kier alpha value is -0.820. The summed E-state index contributed by atoms with van der Waals surface area (Å²) in [6, 6.07) is 0. The molecule has 0 spiro atoms. The summed E-state index contributed by atoms with van der Waals surface area (Å²) in [7, 11) is -3.06. The number of sulfone groups is 1. The number of amides is 1. The van der Waals surface area contributed by atoms with Crippen LogP contribution in [0.25, 0.3) is 0 Å². The van der Waals surface area contributed by atoms with Gasteiger partial charge in [0.2, 0.25) is 0 Å². The summed E-state index contributed by atoms with van der Waals surface area (Å²) in [5.74, 6) is -0.124. The number of carbonyl (C=O) groups excluding carboxylic acids is 1. The van der Waals surface area contributed by atoms with E-state index in [-0.39, 0.29) is 25.5 Å². The fourth-order valence-corrected chi connectivity index (χ4v) is 1.00. The van der Waals surface area contributed by atoms with E-state index in [0.29, 0.717) is 0 Å². The van der Waals surface area contributed by atoms with Gasteiger partial charge in [0.1, 0.15) is 16.4 Å². The number of nitrogens with one attached hydrogen (secondary N) is 1. The van der Waals surface area contributed by atoms with Crippen LogP contribution < -0.4 is 5.32 Å². The lowest BCUT2D eigenvalue weighted by atomic mass is 10.7. The molecule has 0 saturated carbocycles. The zero-order valence-electron chi connectivity index (χ0n) is 7.32. The Balaban J connectivity index is 3.49. The van der Waals surface area contributed by atoms with Crippen molar-refractivity contribution in [1.82, 2.24) is 5.32 Å². The van der Waals surface area contributed by atoms with Gasteiger partial charge in [0.15, 0.2) is 0 Å². The fraction of sp³-hybridized carbons (Fsp3) is 0.833. The zero-order valence-corrected chi connectivity index (χ0v) is 8.13. The summed E-state index contributed by atoms with van der Waals surface area (Å²) in [5.41, 5.74) is 0. The lowest BCUT2D eigenvalue weighted by Crippen LogP contribution is -2.30. The molecule has 0 aromatic rings. The van der Waals surface area contributed by atoms with Crippen molar-refractivity contribution in [2.75, 3.05) is 31.8 Å². The summed E-state index contributed by atoms with van der Waals surface area (Å²) in [5, 5.41) is 10.5. The van der Waals surface area contributed by atoms with E-state index in [9.17, 15) is 13.2 Å². The topological polar surface area (TPSA) is 92.7 Å². The van der Waals surface area contributed by atoms with Gasteiger partial charge >= 0.3 is 6.09 Å². The Kier molecular flexibility index (Phi) is 5.40. The van der Waals surface area contributed by atoms with Crippen molar-refractivity contribution in [3.8, 4) is 0 Å². The number of hydrogen-bond acceptors (Lipinski definition) is 5. The molecule has 13 heavy (non-hydrogen) atoms. The van der Waals surface area contributed by atoms with E-state index in [1.54, 1.807) is 0 Å². The van der Waals surface area contributed by atoms with Gasteiger partial charge in [0, 0.05) is 12.8 Å². The maximum atomic E-state index is 10.6. The van der Waals surface area contributed by atoms with Gasteiger partial charge in [-0.3, -0.25) is 0 Å². The Morgan fingerprint density at radius 2 is 2.15 bits per heavy atom. The Morgan fingerprint density at radius 3 is 2.62 bits per heavy atom. The quantitative estimate of drug-likeness (QED) is 0.592. The molecule has 1 amide bonds. The number of aliphatic hydroxyl groups is 1. The molecule has 2 N–H and O–H groups in total. The van der Waals surface area contributed by atoms with Gasteiger partial charge in [-0.25, -0.2) is 13.2 Å². The van der Waals surface area contributed by atoms with Gasteiger partial charge in [0.05, 0.1) is 12.4 Å². The van der Waals surface area contributed by atoms with E-state index in [2.05, 4.69) is 10.1 Å². The average Bonchev–Trinajstić information content (AvgIpc) is 1.98. The summed E-state index contributed by atoms with van der Waals surface area (Å²) in [4.78, 5) is 10.6. The number of ether oxygens (including phenoxy) is 1. The highest BCUT2D eigenvalue weighted by Crippen LogP contribution is 1.81. The van der Waals surface area contributed by atoms with Crippen LogP contribution in [-0.4, -0.2) is 51.4 Å². The molecular formula is C6H13NO5S. The van der Waals surface area contributed by atoms with Crippen molar-refractivity contribution in [3.05, 3.63) is 0 Å². The second kappa shape index (κ2) is 5.76. The van der Waals surface area contributed by atoms with Gasteiger partial charge in [-0.15, -0.1) is 0 Å². The molecule has 0 heterocycles. The molecule has 0 aliphatic rings. The first-order valence-electron chi connectivity index (χ1n) is 3.65. The van der Waals surface area contributed by atoms with Crippen molar-refractivity contribution in [2.45, 2.75) is 0 Å². The van der Waals surface area contributed by atoms with E-state index in [1.165, 1.54) is 0 Å². The van der Waals surface area contributed by atoms with Crippen LogP contribution >= 0.6 is 0 Å². The molecule has 0 aliphatic carbocycles. The van der Waals surface area contributed by atoms with Crippen molar-refractivity contribution in [1.29, 1.82) is 0 Å². The Bertz CT molecular complexity index is 248. The molecule has 0 aliphatic heterocycles. The van der Waals surface area contributed by atoms with Crippen LogP contribution in [0.4, 0.5) is 4.79 Å². The molecule has 0 atom stereocenters. The molecule has 0 radical (unpaired) electrons. The van der Waals surface area contributed by atoms with Crippen molar-refractivity contribution >= 4 is 15.9 Å². The Morgan fingerprint density at radius 1 is 1.54 bits per heavy atom. The van der Waals surface area contributed by atoms with Crippen LogP contribution in [0, 0.1) is 0 Å². The predicted molar refractivity (Wildman–Crippen MR) is 46.1 cm³/mol. The average molecular weight is 211 g/mol. The van der Waals surface area contributed by atoms with Crippen LogP contribution in [-0.2, 0) is 14.6 Å². The second-order valence-electron chi connectivity index (χ2n) is 2.42. The molecule has 0 aromatic heterocycles. The number of alkyl carbamates (subject to hydrolysis) is 1. The molecule has 0 unspecified atom stereocenters. The lowest BCUT2D eigenvalue weighted by Gasteiger charge is -2.04. The van der Waals surface area contributed by atoms with Crippen LogP contribution in [0.1, 0.15) is 0 Å². The van der Waals surface area contributed by atoms with Gasteiger partial charge in [-0.05, 0) is 0 Å². The molecule has 6 nitrogen and oxygen atoms in total. The minimum Gasteiger partial charge on any atom is -0.447 e. The van der Waals surface area contributed by atoms with Crippen molar-refractivity contribution in [3.63, 3.8) is 0 Å². The highest BCUT2D eigenvalue weighted by atomic mass is 32.2.